The van der Waals surface area contributed by atoms with Gasteiger partial charge in [0.15, 0.2) is 0 Å². The number of methoxy groups -OCH3 is 1. The largest absolute Gasteiger partial charge is 0.382 e. The molecular weight excluding hydrogens is 220 g/mol. The van der Waals surface area contributed by atoms with Gasteiger partial charge in [0.25, 0.3) is 0 Å². The topological polar surface area (TPSA) is 47.7 Å². The average molecular weight is 240 g/mol. The lowest BCUT2D eigenvalue weighted by atomic mass is 10.1. The van der Waals surface area contributed by atoms with E-state index in [0.717, 1.165) is 25.3 Å². The van der Waals surface area contributed by atoms with Gasteiger partial charge >= 0.3 is 0 Å². The van der Waals surface area contributed by atoms with Crippen molar-refractivity contribution in [3.05, 3.63) is 18.0 Å². The van der Waals surface area contributed by atoms with Gasteiger partial charge in [0.05, 0.1) is 24.0 Å². The fraction of sp³-hybridized carbons (Fsp3) is 0.750. The van der Waals surface area contributed by atoms with E-state index in [2.05, 4.69) is 23.9 Å². The van der Waals surface area contributed by atoms with E-state index in [-0.39, 0.29) is 11.7 Å². The zero-order valence-electron chi connectivity index (χ0n) is 10.7. The Hall–Kier alpha value is -0.910. The second-order valence-corrected chi connectivity index (χ2v) is 5.12. The summed E-state index contributed by atoms with van der Waals surface area (Å²) in [6.45, 7) is 7.38. The van der Waals surface area contributed by atoms with Crippen LogP contribution in [-0.2, 0) is 16.0 Å². The number of ether oxygens (including phenoxy) is 2. The Kier molecular flexibility index (Phi) is 3.81. The molecule has 5 nitrogen and oxygen atoms in total. The normalized spacial score (nSPS) is 25.0. The molecule has 1 aromatic rings. The predicted octanol–water partition coefficient (Wildman–Crippen LogP) is 1.30. The fourth-order valence-corrected chi connectivity index (χ4v) is 2.36. The van der Waals surface area contributed by atoms with Crippen LogP contribution in [0, 0.1) is 0 Å². The van der Waals surface area contributed by atoms with Crippen LogP contribution in [0.2, 0.25) is 0 Å². The van der Waals surface area contributed by atoms with Crippen molar-refractivity contribution in [2.45, 2.75) is 32.1 Å². The zero-order chi connectivity index (χ0) is 12.3. The number of hydrogen-bond acceptors (Lipinski definition) is 5. The van der Waals surface area contributed by atoms with Gasteiger partial charge in [0.2, 0.25) is 0 Å². The number of hydrogen-bond donors (Lipinski definition) is 0. The van der Waals surface area contributed by atoms with E-state index in [9.17, 15) is 0 Å². The minimum Gasteiger partial charge on any atom is -0.382 e. The number of aromatic nitrogens is 1. The van der Waals surface area contributed by atoms with Crippen LogP contribution in [0.3, 0.4) is 0 Å². The van der Waals surface area contributed by atoms with Crippen LogP contribution in [-0.4, -0.2) is 48.6 Å². The first-order valence-corrected chi connectivity index (χ1v) is 5.87. The second-order valence-electron chi connectivity index (χ2n) is 5.12. The van der Waals surface area contributed by atoms with Gasteiger partial charge in [-0.05, 0) is 13.8 Å². The summed E-state index contributed by atoms with van der Waals surface area (Å²) in [4.78, 5) is 2.32. The molecule has 1 aliphatic heterocycles. The van der Waals surface area contributed by atoms with Crippen molar-refractivity contribution in [1.82, 2.24) is 10.1 Å². The van der Waals surface area contributed by atoms with E-state index >= 15 is 0 Å². The zero-order valence-corrected chi connectivity index (χ0v) is 10.7. The second kappa shape index (κ2) is 5.16. The summed E-state index contributed by atoms with van der Waals surface area (Å²) in [6, 6.07) is 1.90. The van der Waals surface area contributed by atoms with Gasteiger partial charge in [0, 0.05) is 32.8 Å². The van der Waals surface area contributed by atoms with Crippen LogP contribution in [0.5, 0.6) is 0 Å². The molecule has 0 N–H and O–H groups in total. The third-order valence-electron chi connectivity index (χ3n) is 2.78. The number of rotatable bonds is 4. The van der Waals surface area contributed by atoms with Gasteiger partial charge in [-0.25, -0.2) is 0 Å². The molecule has 5 heteroatoms. The van der Waals surface area contributed by atoms with Crippen LogP contribution in [0.1, 0.15) is 19.5 Å². The summed E-state index contributed by atoms with van der Waals surface area (Å²) in [7, 11) is 1.70. The predicted molar refractivity (Wildman–Crippen MR) is 62.6 cm³/mol. The Balaban J connectivity index is 1.97. The standard InChI is InChI=1S/C12H20N2O3/c1-12(2)9-14(6-10-4-5-16-13-10)7-11(17-12)8-15-3/h4-5,11H,6-9H2,1-3H3. The van der Waals surface area contributed by atoms with Crippen molar-refractivity contribution in [3.8, 4) is 0 Å². The van der Waals surface area contributed by atoms with E-state index in [1.807, 2.05) is 6.07 Å². The molecule has 0 spiro atoms. The highest BCUT2D eigenvalue weighted by atomic mass is 16.5. The van der Waals surface area contributed by atoms with Gasteiger partial charge in [-0.2, -0.15) is 0 Å². The SMILES string of the molecule is COCC1CN(Cc2ccon2)CC(C)(C)O1. The summed E-state index contributed by atoms with van der Waals surface area (Å²) in [5.41, 5.74) is 0.810. The van der Waals surface area contributed by atoms with E-state index in [1.165, 1.54) is 0 Å². The summed E-state index contributed by atoms with van der Waals surface area (Å²) in [5.74, 6) is 0. The average Bonchev–Trinajstić information content (AvgIpc) is 2.68. The molecule has 17 heavy (non-hydrogen) atoms. The molecule has 0 bridgehead atoms. The molecule has 96 valence electrons. The lowest BCUT2D eigenvalue weighted by molar-refractivity contribution is -0.154. The quantitative estimate of drug-likeness (QED) is 0.794. The Morgan fingerprint density at radius 1 is 1.59 bits per heavy atom. The first-order valence-electron chi connectivity index (χ1n) is 5.87. The molecule has 1 atom stereocenters. The van der Waals surface area contributed by atoms with Crippen LogP contribution in [0.4, 0.5) is 0 Å². The van der Waals surface area contributed by atoms with Crippen molar-refractivity contribution in [2.24, 2.45) is 0 Å². The minimum absolute atomic E-state index is 0.121. The summed E-state index contributed by atoms with van der Waals surface area (Å²) in [5, 5.41) is 3.94. The molecule has 0 aromatic carbocycles. The molecule has 1 saturated heterocycles. The first-order chi connectivity index (χ1) is 8.09. The molecule has 0 aliphatic carbocycles. The monoisotopic (exact) mass is 240 g/mol. The Morgan fingerprint density at radius 3 is 3.06 bits per heavy atom. The molecule has 1 unspecified atom stereocenters. The summed E-state index contributed by atoms with van der Waals surface area (Å²) < 4.78 is 16.0. The third-order valence-corrected chi connectivity index (χ3v) is 2.78. The van der Waals surface area contributed by atoms with Gasteiger partial charge in [-0.15, -0.1) is 0 Å². The summed E-state index contributed by atoms with van der Waals surface area (Å²) >= 11 is 0. The van der Waals surface area contributed by atoms with Crippen LogP contribution in [0.15, 0.2) is 16.9 Å². The van der Waals surface area contributed by atoms with Gasteiger partial charge in [-0.1, -0.05) is 5.16 Å². The molecule has 1 aliphatic rings. The van der Waals surface area contributed by atoms with E-state index < -0.39 is 0 Å². The van der Waals surface area contributed by atoms with Crippen molar-refractivity contribution in [2.75, 3.05) is 26.8 Å². The Labute approximate surface area is 102 Å². The molecule has 1 fully saturated rings. The summed E-state index contributed by atoms with van der Waals surface area (Å²) in [6.07, 6.45) is 1.73. The van der Waals surface area contributed by atoms with E-state index in [1.54, 1.807) is 13.4 Å². The minimum atomic E-state index is -0.148. The maximum atomic E-state index is 5.95. The molecular formula is C12H20N2O3. The highest BCUT2D eigenvalue weighted by Gasteiger charge is 2.33. The molecule has 0 saturated carbocycles. The van der Waals surface area contributed by atoms with Crippen molar-refractivity contribution < 1.29 is 14.0 Å². The van der Waals surface area contributed by atoms with Crippen LogP contribution >= 0.6 is 0 Å². The lowest BCUT2D eigenvalue weighted by Gasteiger charge is -2.42. The first kappa shape index (κ1) is 12.5. The van der Waals surface area contributed by atoms with Crippen molar-refractivity contribution >= 4 is 0 Å². The Bertz CT molecular complexity index is 338. The van der Waals surface area contributed by atoms with Crippen molar-refractivity contribution in [1.29, 1.82) is 0 Å². The Morgan fingerprint density at radius 2 is 2.41 bits per heavy atom. The van der Waals surface area contributed by atoms with E-state index in [0.29, 0.717) is 6.61 Å². The van der Waals surface area contributed by atoms with Gasteiger partial charge in [-0.3, -0.25) is 4.90 Å². The maximum Gasteiger partial charge on any atom is 0.124 e. The van der Waals surface area contributed by atoms with Gasteiger partial charge in [0.1, 0.15) is 6.26 Å². The maximum absolute atomic E-state index is 5.95. The molecule has 2 heterocycles. The van der Waals surface area contributed by atoms with Crippen molar-refractivity contribution in [3.63, 3.8) is 0 Å². The number of nitrogens with zero attached hydrogens (tertiary/aromatic N) is 2. The molecule has 0 amide bonds. The van der Waals surface area contributed by atoms with Crippen LogP contribution in [0.25, 0.3) is 0 Å². The molecule has 2 rings (SSSR count). The lowest BCUT2D eigenvalue weighted by Crippen LogP contribution is -2.53. The van der Waals surface area contributed by atoms with Crippen LogP contribution < -0.4 is 0 Å². The molecule has 1 aromatic heterocycles. The highest BCUT2D eigenvalue weighted by molar-refractivity contribution is 4.96. The van der Waals surface area contributed by atoms with Gasteiger partial charge < -0.3 is 14.0 Å². The highest BCUT2D eigenvalue weighted by Crippen LogP contribution is 2.22. The fourth-order valence-electron chi connectivity index (χ4n) is 2.36. The number of morpholine rings is 1. The van der Waals surface area contributed by atoms with E-state index in [4.69, 9.17) is 14.0 Å². The smallest absolute Gasteiger partial charge is 0.124 e. The third kappa shape index (κ3) is 3.52. The molecule has 0 radical (unpaired) electrons.